The Kier molecular flexibility index (Phi) is 4.98. The van der Waals surface area contributed by atoms with Crippen molar-refractivity contribution >= 4 is 10.0 Å². The van der Waals surface area contributed by atoms with E-state index in [1.165, 1.54) is 12.3 Å². The van der Waals surface area contributed by atoms with Crippen molar-refractivity contribution in [2.45, 2.75) is 37.1 Å². The van der Waals surface area contributed by atoms with Crippen molar-refractivity contribution in [3.63, 3.8) is 0 Å². The fraction of sp³-hybridized carbons (Fsp3) is 0.600. The van der Waals surface area contributed by atoms with Crippen LogP contribution in [0.25, 0.3) is 0 Å². The van der Waals surface area contributed by atoms with Gasteiger partial charge in [0.25, 0.3) is 0 Å². The van der Waals surface area contributed by atoms with E-state index in [1.807, 2.05) is 0 Å². The molecule has 6 heteroatoms. The van der Waals surface area contributed by atoms with Gasteiger partial charge in [0.1, 0.15) is 0 Å². The number of hydrogen-bond acceptors (Lipinski definition) is 3. The maximum atomic E-state index is 11.8. The zero-order valence-corrected chi connectivity index (χ0v) is 10.3. The molecule has 5 nitrogen and oxygen atoms in total. The number of hydrogen-bond donors (Lipinski definition) is 3. The Labute approximate surface area is 96.5 Å². The normalized spacial score (nSPS) is 13.9. The second-order valence-corrected chi connectivity index (χ2v) is 5.46. The first-order chi connectivity index (χ1) is 7.60. The first kappa shape index (κ1) is 13.2. The van der Waals surface area contributed by atoms with Crippen LogP contribution in [0.2, 0.25) is 0 Å². The summed E-state index contributed by atoms with van der Waals surface area (Å²) in [5.41, 5.74) is 5.54. The molecule has 1 heterocycles. The average molecular weight is 245 g/mol. The van der Waals surface area contributed by atoms with Crippen LogP contribution in [0.15, 0.2) is 23.4 Å². The van der Waals surface area contributed by atoms with Gasteiger partial charge in [0.05, 0.1) is 4.90 Å². The van der Waals surface area contributed by atoms with Gasteiger partial charge >= 0.3 is 0 Å². The number of H-pyrrole nitrogens is 1. The van der Waals surface area contributed by atoms with Crippen LogP contribution in [0.1, 0.15) is 26.2 Å². The third-order valence-electron chi connectivity index (χ3n) is 2.39. The summed E-state index contributed by atoms with van der Waals surface area (Å²) in [6, 6.07) is 1.34. The quantitative estimate of drug-likeness (QED) is 0.664. The number of nitrogens with two attached hydrogens (primary N) is 1. The van der Waals surface area contributed by atoms with E-state index < -0.39 is 10.0 Å². The van der Waals surface area contributed by atoms with Crippen molar-refractivity contribution in [1.29, 1.82) is 0 Å². The monoisotopic (exact) mass is 245 g/mol. The molecule has 0 spiro atoms. The summed E-state index contributed by atoms with van der Waals surface area (Å²) in [6.07, 6.45) is 5.81. The molecule has 16 heavy (non-hydrogen) atoms. The standard InChI is InChI=1S/C10H19N3O2S/c1-2-3-4-9(7-11)13-16(14,15)10-5-6-12-8-10/h5-6,8-9,12-13H,2-4,7,11H2,1H3. The molecule has 0 radical (unpaired) electrons. The molecule has 1 aromatic heterocycles. The van der Waals surface area contributed by atoms with Gasteiger partial charge in [-0.3, -0.25) is 0 Å². The molecule has 0 amide bonds. The molecule has 4 N–H and O–H groups in total. The third kappa shape index (κ3) is 3.62. The highest BCUT2D eigenvalue weighted by atomic mass is 32.2. The fourth-order valence-corrected chi connectivity index (χ4v) is 2.70. The predicted octanol–water partition coefficient (Wildman–Crippen LogP) is 0.810. The zero-order chi connectivity index (χ0) is 12.0. The van der Waals surface area contributed by atoms with Gasteiger partial charge < -0.3 is 10.7 Å². The lowest BCUT2D eigenvalue weighted by Gasteiger charge is -2.15. The summed E-state index contributed by atoms with van der Waals surface area (Å²) in [5.74, 6) is 0. The second-order valence-electron chi connectivity index (χ2n) is 3.74. The largest absolute Gasteiger partial charge is 0.366 e. The Morgan fingerprint density at radius 2 is 2.31 bits per heavy atom. The number of sulfonamides is 1. The van der Waals surface area contributed by atoms with E-state index in [0.717, 1.165) is 19.3 Å². The number of nitrogens with one attached hydrogen (secondary N) is 2. The van der Waals surface area contributed by atoms with E-state index in [1.54, 1.807) is 6.20 Å². The maximum Gasteiger partial charge on any atom is 0.242 e. The summed E-state index contributed by atoms with van der Waals surface area (Å²) in [4.78, 5) is 2.97. The molecular weight excluding hydrogens is 226 g/mol. The van der Waals surface area contributed by atoms with Gasteiger partial charge in [-0.15, -0.1) is 0 Å². The van der Waals surface area contributed by atoms with Gasteiger partial charge in [-0.05, 0) is 12.5 Å². The molecule has 0 aliphatic carbocycles. The van der Waals surface area contributed by atoms with Crippen LogP contribution >= 0.6 is 0 Å². The van der Waals surface area contributed by atoms with Gasteiger partial charge in [0, 0.05) is 25.0 Å². The SMILES string of the molecule is CCCCC(CN)NS(=O)(=O)c1cc[nH]c1. The molecule has 1 aromatic rings. The first-order valence-electron chi connectivity index (χ1n) is 5.45. The highest BCUT2D eigenvalue weighted by Gasteiger charge is 2.18. The molecule has 0 aromatic carbocycles. The fourth-order valence-electron chi connectivity index (χ4n) is 1.44. The average Bonchev–Trinajstić information content (AvgIpc) is 2.78. The van der Waals surface area contributed by atoms with Gasteiger partial charge in [0.2, 0.25) is 10.0 Å². The lowest BCUT2D eigenvalue weighted by atomic mass is 10.1. The van der Waals surface area contributed by atoms with Gasteiger partial charge in [-0.2, -0.15) is 0 Å². The molecule has 1 unspecified atom stereocenters. The maximum absolute atomic E-state index is 11.8. The molecule has 92 valence electrons. The number of aromatic nitrogens is 1. The minimum absolute atomic E-state index is 0.181. The number of rotatable bonds is 7. The molecular formula is C10H19N3O2S. The first-order valence-corrected chi connectivity index (χ1v) is 6.93. The molecule has 1 atom stereocenters. The lowest BCUT2D eigenvalue weighted by molar-refractivity contribution is 0.516. The summed E-state index contributed by atoms with van der Waals surface area (Å²) in [6.45, 7) is 2.39. The van der Waals surface area contributed by atoms with Gasteiger partial charge in [-0.1, -0.05) is 19.8 Å². The third-order valence-corrected chi connectivity index (χ3v) is 3.91. The minimum Gasteiger partial charge on any atom is -0.366 e. The van der Waals surface area contributed by atoms with Crippen LogP contribution in [0, 0.1) is 0 Å². The topological polar surface area (TPSA) is 88.0 Å². The van der Waals surface area contributed by atoms with Crippen molar-refractivity contribution in [2.24, 2.45) is 5.73 Å². The Morgan fingerprint density at radius 3 is 2.81 bits per heavy atom. The molecule has 0 bridgehead atoms. The van der Waals surface area contributed by atoms with Crippen molar-refractivity contribution < 1.29 is 8.42 Å². The van der Waals surface area contributed by atoms with Crippen molar-refractivity contribution in [3.05, 3.63) is 18.5 Å². The van der Waals surface area contributed by atoms with Crippen LogP contribution < -0.4 is 10.5 Å². The molecule has 0 saturated carbocycles. The van der Waals surface area contributed by atoms with Crippen LogP contribution in [0.3, 0.4) is 0 Å². The highest BCUT2D eigenvalue weighted by molar-refractivity contribution is 7.89. The molecule has 0 aliphatic heterocycles. The van der Waals surface area contributed by atoms with E-state index in [2.05, 4.69) is 16.6 Å². The summed E-state index contributed by atoms with van der Waals surface area (Å²) in [5, 5.41) is 0. The highest BCUT2D eigenvalue weighted by Crippen LogP contribution is 2.09. The number of unbranched alkanes of at least 4 members (excludes halogenated alkanes) is 1. The molecule has 1 rings (SSSR count). The second kappa shape index (κ2) is 6.03. The van der Waals surface area contributed by atoms with Crippen molar-refractivity contribution in [3.8, 4) is 0 Å². The van der Waals surface area contributed by atoms with E-state index in [9.17, 15) is 8.42 Å². The van der Waals surface area contributed by atoms with E-state index in [4.69, 9.17) is 5.73 Å². The molecule has 0 fully saturated rings. The van der Waals surface area contributed by atoms with E-state index in [0.29, 0.717) is 6.54 Å². The van der Waals surface area contributed by atoms with Crippen LogP contribution in [0.5, 0.6) is 0 Å². The van der Waals surface area contributed by atoms with E-state index in [-0.39, 0.29) is 10.9 Å². The van der Waals surface area contributed by atoms with Crippen LogP contribution in [-0.4, -0.2) is 26.0 Å². The molecule has 0 saturated heterocycles. The Morgan fingerprint density at radius 1 is 1.56 bits per heavy atom. The summed E-state index contributed by atoms with van der Waals surface area (Å²) < 4.78 is 26.3. The predicted molar refractivity (Wildman–Crippen MR) is 63.5 cm³/mol. The van der Waals surface area contributed by atoms with Crippen LogP contribution in [-0.2, 0) is 10.0 Å². The Hall–Kier alpha value is -0.850. The summed E-state index contributed by atoms with van der Waals surface area (Å²) >= 11 is 0. The van der Waals surface area contributed by atoms with E-state index >= 15 is 0 Å². The van der Waals surface area contributed by atoms with Crippen molar-refractivity contribution in [2.75, 3.05) is 6.54 Å². The van der Waals surface area contributed by atoms with Crippen molar-refractivity contribution in [1.82, 2.24) is 9.71 Å². The zero-order valence-electron chi connectivity index (χ0n) is 9.44. The molecule has 0 aliphatic rings. The smallest absolute Gasteiger partial charge is 0.242 e. The minimum atomic E-state index is -3.42. The Bertz CT molecular complexity index is 386. The van der Waals surface area contributed by atoms with Gasteiger partial charge in [-0.25, -0.2) is 13.1 Å². The van der Waals surface area contributed by atoms with Gasteiger partial charge in [0.15, 0.2) is 0 Å². The van der Waals surface area contributed by atoms with Crippen LogP contribution in [0.4, 0.5) is 0 Å². The Balaban J connectivity index is 2.64. The lowest BCUT2D eigenvalue weighted by Crippen LogP contribution is -2.39. The summed E-state index contributed by atoms with van der Waals surface area (Å²) in [7, 11) is -3.42. The number of aromatic amines is 1.